The van der Waals surface area contributed by atoms with Gasteiger partial charge in [0.1, 0.15) is 11.9 Å². The minimum absolute atomic E-state index is 0.0514. The lowest BCUT2D eigenvalue weighted by Gasteiger charge is -2.20. The zero-order chi connectivity index (χ0) is 22.6. The van der Waals surface area contributed by atoms with Gasteiger partial charge >= 0.3 is 6.18 Å². The molecule has 2 atom stereocenters. The summed E-state index contributed by atoms with van der Waals surface area (Å²) in [6.45, 7) is -0.902. The smallest absolute Gasteiger partial charge is 0.422 e. The van der Waals surface area contributed by atoms with Crippen LogP contribution in [0, 0.1) is 11.6 Å². The predicted octanol–water partition coefficient (Wildman–Crippen LogP) is 4.56. The van der Waals surface area contributed by atoms with Crippen LogP contribution in [-0.2, 0) is 4.74 Å². The molecule has 0 radical (unpaired) electrons. The number of hydrogen-bond acceptors (Lipinski definition) is 4. The van der Waals surface area contributed by atoms with Gasteiger partial charge in [0.2, 0.25) is 5.60 Å². The Morgan fingerprint density at radius 3 is 2.58 bits per heavy atom. The molecule has 1 N–H and O–H groups in total. The number of pyridine rings is 1. The first-order valence-corrected chi connectivity index (χ1v) is 9.28. The second-order valence-corrected chi connectivity index (χ2v) is 7.29. The molecule has 1 saturated heterocycles. The molecule has 31 heavy (non-hydrogen) atoms. The maximum atomic E-state index is 14.2. The third kappa shape index (κ3) is 3.49. The van der Waals surface area contributed by atoms with Crippen LogP contribution in [0.2, 0.25) is 5.02 Å². The van der Waals surface area contributed by atoms with Crippen molar-refractivity contribution in [2.24, 2.45) is 0 Å². The molecule has 1 fully saturated rings. The lowest BCUT2D eigenvalue weighted by atomic mass is 9.98. The Bertz CT molecular complexity index is 1230. The van der Waals surface area contributed by atoms with E-state index in [9.17, 15) is 26.7 Å². The molecule has 0 aliphatic carbocycles. The first kappa shape index (κ1) is 21.4. The summed E-state index contributed by atoms with van der Waals surface area (Å²) >= 11 is 5.91. The monoisotopic (exact) mass is 460 g/mol. The lowest BCUT2D eigenvalue weighted by molar-refractivity contribution is -0.180. The molecule has 1 aliphatic rings. The molecule has 2 heterocycles. The normalized spacial score (nSPS) is 20.7. The molecule has 3 aromatic rings. The van der Waals surface area contributed by atoms with Crippen molar-refractivity contribution >= 4 is 22.5 Å². The zero-order valence-corrected chi connectivity index (χ0v) is 16.5. The summed E-state index contributed by atoms with van der Waals surface area (Å²) in [5, 5.41) is -0.122. The number of nitrogens with zero attached hydrogens (tertiary/aromatic N) is 1. The summed E-state index contributed by atoms with van der Waals surface area (Å²) < 4.78 is 80.2. The Morgan fingerprint density at radius 2 is 1.90 bits per heavy atom. The minimum Gasteiger partial charge on any atom is -0.494 e. The molecule has 164 valence electrons. The van der Waals surface area contributed by atoms with Crippen molar-refractivity contribution in [2.45, 2.75) is 17.9 Å². The maximum Gasteiger partial charge on any atom is 0.422 e. The molecule has 4 rings (SSSR count). The molecular weight excluding hydrogens is 447 g/mol. The lowest BCUT2D eigenvalue weighted by Crippen LogP contribution is -2.44. The van der Waals surface area contributed by atoms with Crippen molar-refractivity contribution < 1.29 is 31.4 Å². The molecule has 0 saturated carbocycles. The molecule has 0 spiro atoms. The highest BCUT2D eigenvalue weighted by Gasteiger charge is 2.74. The van der Waals surface area contributed by atoms with Gasteiger partial charge in [0, 0.05) is 23.1 Å². The molecule has 0 bridgehead atoms. The van der Waals surface area contributed by atoms with Crippen LogP contribution in [0.3, 0.4) is 0 Å². The molecular formula is C20H14ClF5N2O3. The number of nitrogens with one attached hydrogen (secondary N) is 1. The third-order valence-electron chi connectivity index (χ3n) is 5.11. The quantitative estimate of drug-likeness (QED) is 0.448. The highest BCUT2D eigenvalue weighted by molar-refractivity contribution is 6.31. The summed E-state index contributed by atoms with van der Waals surface area (Å²) in [6, 6.07) is 8.45. The number of epoxide rings is 1. The van der Waals surface area contributed by atoms with Crippen LogP contribution in [0.5, 0.6) is 5.75 Å². The van der Waals surface area contributed by atoms with Gasteiger partial charge < -0.3 is 14.9 Å². The number of alkyl halides is 3. The first-order valence-electron chi connectivity index (χ1n) is 8.90. The topological polar surface area (TPSA) is 55.8 Å². The van der Waals surface area contributed by atoms with Gasteiger partial charge in [-0.05, 0) is 24.3 Å². The fourth-order valence-electron chi connectivity index (χ4n) is 3.41. The van der Waals surface area contributed by atoms with Gasteiger partial charge in [0.15, 0.2) is 11.6 Å². The summed E-state index contributed by atoms with van der Waals surface area (Å²) in [4.78, 5) is 12.2. The van der Waals surface area contributed by atoms with E-state index in [4.69, 9.17) is 21.1 Å². The summed E-state index contributed by atoms with van der Waals surface area (Å²) in [5.74, 6) is -1.91. The molecule has 11 heteroatoms. The van der Waals surface area contributed by atoms with Gasteiger partial charge in [0.05, 0.1) is 24.2 Å². The van der Waals surface area contributed by atoms with Crippen molar-refractivity contribution in [3.8, 4) is 5.75 Å². The van der Waals surface area contributed by atoms with Crippen LogP contribution in [0.25, 0.3) is 10.9 Å². The van der Waals surface area contributed by atoms with E-state index in [1.165, 1.54) is 25.3 Å². The van der Waals surface area contributed by atoms with Crippen LogP contribution < -0.4 is 15.7 Å². The fraction of sp³-hybridized carbons (Fsp3) is 0.250. The van der Waals surface area contributed by atoms with E-state index < -0.39 is 46.6 Å². The van der Waals surface area contributed by atoms with E-state index in [2.05, 4.69) is 5.43 Å². The summed E-state index contributed by atoms with van der Waals surface area (Å²) in [5.41, 5.74) is -1.25. The average molecular weight is 461 g/mol. The Hall–Kier alpha value is -2.85. The number of halogens is 6. The highest BCUT2D eigenvalue weighted by Crippen LogP contribution is 2.60. The van der Waals surface area contributed by atoms with Crippen LogP contribution in [0.15, 0.2) is 47.3 Å². The van der Waals surface area contributed by atoms with Gasteiger partial charge in [0.25, 0.3) is 5.56 Å². The van der Waals surface area contributed by atoms with E-state index >= 15 is 0 Å². The summed E-state index contributed by atoms with van der Waals surface area (Å²) in [7, 11) is 1.19. The number of rotatable bonds is 5. The molecule has 0 amide bonds. The largest absolute Gasteiger partial charge is 0.494 e. The highest BCUT2D eigenvalue weighted by atomic mass is 35.5. The number of methoxy groups -OCH3 is 1. The SMILES string of the molecule is COc1ccc(C2OC2(CNn2c(=O)ccc3ccc(F)cc32)C(F)(F)F)c(Cl)c1F. The molecule has 2 aromatic carbocycles. The van der Waals surface area contributed by atoms with Crippen molar-refractivity contribution in [1.29, 1.82) is 0 Å². The second-order valence-electron chi connectivity index (χ2n) is 6.92. The van der Waals surface area contributed by atoms with Crippen LogP contribution >= 0.6 is 11.6 Å². The Morgan fingerprint density at radius 1 is 1.19 bits per heavy atom. The van der Waals surface area contributed by atoms with E-state index in [0.29, 0.717) is 5.39 Å². The van der Waals surface area contributed by atoms with Gasteiger partial charge in [-0.3, -0.25) is 4.79 Å². The van der Waals surface area contributed by atoms with Gasteiger partial charge in [-0.1, -0.05) is 17.7 Å². The van der Waals surface area contributed by atoms with Crippen LogP contribution in [-0.4, -0.2) is 30.1 Å². The molecule has 5 nitrogen and oxygen atoms in total. The van der Waals surface area contributed by atoms with Crippen molar-refractivity contribution in [2.75, 3.05) is 19.1 Å². The fourth-order valence-corrected chi connectivity index (χ4v) is 3.67. The number of ether oxygens (including phenoxy) is 2. The van der Waals surface area contributed by atoms with Crippen LogP contribution in [0.4, 0.5) is 22.0 Å². The van der Waals surface area contributed by atoms with Crippen LogP contribution in [0.1, 0.15) is 11.7 Å². The number of benzene rings is 2. The third-order valence-corrected chi connectivity index (χ3v) is 5.50. The number of hydrogen-bond donors (Lipinski definition) is 1. The molecule has 1 aliphatic heterocycles. The average Bonchev–Trinajstić information content (AvgIpc) is 3.45. The van der Waals surface area contributed by atoms with Crippen molar-refractivity contribution in [3.63, 3.8) is 0 Å². The van der Waals surface area contributed by atoms with E-state index in [1.807, 2.05) is 0 Å². The van der Waals surface area contributed by atoms with Gasteiger partial charge in [-0.2, -0.15) is 13.2 Å². The standard InChI is InChI=1S/C20H14ClF5N2O3/c1-30-14-6-5-12(16(21)17(14)23)18-19(31-18,20(24,25)26)9-27-28-13-8-11(22)4-2-10(13)3-7-15(28)29/h2-8,18,27H,9H2,1H3. The van der Waals surface area contributed by atoms with E-state index in [-0.39, 0.29) is 16.8 Å². The number of aromatic nitrogens is 1. The minimum atomic E-state index is -4.89. The van der Waals surface area contributed by atoms with Crippen molar-refractivity contribution in [3.05, 3.63) is 75.0 Å². The van der Waals surface area contributed by atoms with Gasteiger partial charge in [-0.25, -0.2) is 13.5 Å². The first-order chi connectivity index (χ1) is 14.6. The number of fused-ring (bicyclic) bond motifs is 1. The van der Waals surface area contributed by atoms with Crippen molar-refractivity contribution in [1.82, 2.24) is 4.68 Å². The maximum absolute atomic E-state index is 14.2. The molecule has 1 aromatic heterocycles. The zero-order valence-electron chi connectivity index (χ0n) is 15.8. The second kappa shape index (κ2) is 7.38. The van der Waals surface area contributed by atoms with Gasteiger partial charge in [-0.15, -0.1) is 0 Å². The Kier molecular flexibility index (Phi) is 5.09. The molecule has 2 unspecified atom stereocenters. The van der Waals surface area contributed by atoms with E-state index in [0.717, 1.165) is 28.9 Å². The van der Waals surface area contributed by atoms with E-state index in [1.54, 1.807) is 0 Å². The Labute approximate surface area is 176 Å². The Balaban J connectivity index is 1.70. The summed E-state index contributed by atoms with van der Waals surface area (Å²) in [6.07, 6.45) is -6.50. The predicted molar refractivity (Wildman–Crippen MR) is 103 cm³/mol.